The van der Waals surface area contributed by atoms with Crippen molar-refractivity contribution in [3.63, 3.8) is 0 Å². The first-order valence-corrected chi connectivity index (χ1v) is 22.8. The van der Waals surface area contributed by atoms with Gasteiger partial charge >= 0.3 is 0 Å². The molecule has 1 heterocycles. The summed E-state index contributed by atoms with van der Waals surface area (Å²) in [6, 6.07) is 56.6. The van der Waals surface area contributed by atoms with Gasteiger partial charge < -0.3 is 0 Å². The van der Waals surface area contributed by atoms with E-state index >= 15 is 0 Å². The third-order valence-corrected chi connectivity index (χ3v) is 16.4. The van der Waals surface area contributed by atoms with Gasteiger partial charge in [-0.1, -0.05) is 160 Å². The van der Waals surface area contributed by atoms with Gasteiger partial charge in [-0.2, -0.15) is 0 Å². The Hall–Kier alpha value is -5.36. The number of ketones is 1. The molecule has 4 atom stereocenters. The highest BCUT2D eigenvalue weighted by Gasteiger charge is 2.45. The summed E-state index contributed by atoms with van der Waals surface area (Å²) in [4.78, 5) is 14.6. The Balaban J connectivity index is 1.58. The summed E-state index contributed by atoms with van der Waals surface area (Å²) >= 11 is 0. The number of carbonyl (C=O) groups excluding carboxylic acids is 1. The molecule has 296 valence electrons. The van der Waals surface area contributed by atoms with Gasteiger partial charge in [-0.3, -0.25) is 4.79 Å². The van der Waals surface area contributed by atoms with Gasteiger partial charge in [-0.15, -0.1) is 0 Å². The van der Waals surface area contributed by atoms with Crippen molar-refractivity contribution in [3.05, 3.63) is 241 Å². The van der Waals surface area contributed by atoms with Crippen LogP contribution in [0, 0.1) is 55.4 Å². The fourth-order valence-electron chi connectivity index (χ4n) is 10.6. The Bertz CT molecular complexity index is 2380. The molecule has 1 saturated heterocycles. The minimum absolute atomic E-state index is 0.0147. The number of hydrogen-bond acceptors (Lipinski definition) is 1. The molecule has 1 aliphatic heterocycles. The Morgan fingerprint density at radius 1 is 0.390 bits per heavy atom. The first-order chi connectivity index (χ1) is 28.5. The molecule has 0 spiro atoms. The van der Waals surface area contributed by atoms with Crippen LogP contribution in [0.25, 0.3) is 0 Å². The van der Waals surface area contributed by atoms with Crippen molar-refractivity contribution in [1.29, 1.82) is 0 Å². The van der Waals surface area contributed by atoms with Crippen molar-refractivity contribution in [2.24, 2.45) is 0 Å². The second-order valence-electron chi connectivity index (χ2n) is 17.1. The molecule has 1 fully saturated rings. The summed E-state index contributed by atoms with van der Waals surface area (Å²) < 4.78 is 0. The molecule has 7 aromatic carbocycles. The van der Waals surface area contributed by atoms with Crippen LogP contribution < -0.4 is 5.30 Å². The zero-order valence-corrected chi connectivity index (χ0v) is 36.9. The van der Waals surface area contributed by atoms with E-state index in [9.17, 15) is 4.79 Å². The molecule has 8 rings (SSSR count). The second-order valence-corrected chi connectivity index (χ2v) is 19.6. The van der Waals surface area contributed by atoms with Gasteiger partial charge in [0.25, 0.3) is 0 Å². The van der Waals surface area contributed by atoms with Crippen LogP contribution in [0.2, 0.25) is 0 Å². The van der Waals surface area contributed by atoms with E-state index in [-0.39, 0.29) is 23.2 Å². The fourth-order valence-corrected chi connectivity index (χ4v) is 14.9. The lowest BCUT2D eigenvalue weighted by Gasteiger charge is -2.44. The zero-order chi connectivity index (χ0) is 41.4. The highest BCUT2D eigenvalue weighted by atomic mass is 31.1. The van der Waals surface area contributed by atoms with Crippen molar-refractivity contribution >= 4 is 19.0 Å². The van der Waals surface area contributed by atoms with Gasteiger partial charge in [0.2, 0.25) is 0 Å². The van der Waals surface area contributed by atoms with Crippen LogP contribution in [0.15, 0.2) is 152 Å². The second kappa shape index (κ2) is 17.1. The van der Waals surface area contributed by atoms with Crippen molar-refractivity contribution in [2.45, 2.75) is 91.4 Å². The van der Waals surface area contributed by atoms with Gasteiger partial charge in [-0.05, 0) is 150 Å². The largest absolute Gasteiger partial charge is 0.300 e. The minimum atomic E-state index is -1.07. The van der Waals surface area contributed by atoms with E-state index in [0.717, 1.165) is 0 Å². The quantitative estimate of drug-likeness (QED) is 0.105. The first-order valence-electron chi connectivity index (χ1n) is 21.3. The summed E-state index contributed by atoms with van der Waals surface area (Å²) in [7, 11) is -1.07. The number of carbonyl (C=O) groups is 1. The van der Waals surface area contributed by atoms with Gasteiger partial charge in [0.1, 0.15) is 5.78 Å². The molecule has 0 N–H and O–H groups in total. The lowest BCUT2D eigenvalue weighted by atomic mass is 9.77. The summed E-state index contributed by atoms with van der Waals surface area (Å²) in [6.45, 7) is 18.2. The van der Waals surface area contributed by atoms with E-state index in [0.29, 0.717) is 18.6 Å². The van der Waals surface area contributed by atoms with Crippen molar-refractivity contribution in [2.75, 3.05) is 0 Å². The molecule has 0 bridgehead atoms. The number of rotatable bonds is 9. The fraction of sp³-hybridized carbons (Fsp3) is 0.246. The maximum Gasteiger partial charge on any atom is 0.134 e. The third-order valence-electron chi connectivity index (χ3n) is 13.2. The third kappa shape index (κ3) is 7.67. The van der Waals surface area contributed by atoms with Gasteiger partial charge in [-0.25, -0.2) is 0 Å². The molecular weight excluding hydrogens is 732 g/mol. The molecule has 2 heteroatoms. The van der Waals surface area contributed by atoms with Crippen molar-refractivity contribution < 1.29 is 4.79 Å². The Labute approximate surface area is 354 Å². The average molecular weight is 789 g/mol. The molecule has 4 unspecified atom stereocenters. The number of benzene rings is 7. The number of aryl methyl sites for hydroxylation is 8. The van der Waals surface area contributed by atoms with Crippen LogP contribution in [-0.2, 0) is 4.79 Å². The highest BCUT2D eigenvalue weighted by molar-refractivity contribution is 7.66. The lowest BCUT2D eigenvalue weighted by molar-refractivity contribution is -0.119. The average Bonchev–Trinajstić information content (AvgIpc) is 3.21. The van der Waals surface area contributed by atoms with Crippen LogP contribution in [0.3, 0.4) is 0 Å². The molecular formula is C57H57OP. The van der Waals surface area contributed by atoms with Crippen LogP contribution in [-0.4, -0.2) is 5.78 Å². The number of hydrogen-bond donors (Lipinski definition) is 0. The maximum atomic E-state index is 14.6. The molecule has 0 saturated carbocycles. The molecule has 7 aromatic rings. The van der Waals surface area contributed by atoms with E-state index in [2.05, 4.69) is 207 Å². The summed E-state index contributed by atoms with van der Waals surface area (Å²) in [6.07, 6.45) is 1.09. The van der Waals surface area contributed by atoms with Crippen LogP contribution in [0.4, 0.5) is 0 Å². The standard InChI is InChI=1S/C57H57OP/c1-36-20-15-21-37(2)51(36)49-34-46(58)35-50(52-38(3)22-16-23-39(52)4)59(49)57-47(55(44-28-11-9-12-29-44)53-40(5)24-17-25-41(53)6)32-19-33-48(57)56(45-30-13-10-14-31-45)54-42(7)26-18-27-43(54)8/h9-33,49-50,55-56H,34-35H2,1-8H3. The predicted molar refractivity (Wildman–Crippen MR) is 251 cm³/mol. The van der Waals surface area contributed by atoms with E-state index in [4.69, 9.17) is 0 Å². The molecule has 0 radical (unpaired) electrons. The molecule has 1 nitrogen and oxygen atoms in total. The first kappa shape index (κ1) is 40.4. The van der Waals surface area contributed by atoms with Gasteiger partial charge in [0, 0.05) is 36.0 Å². The molecule has 59 heavy (non-hydrogen) atoms. The number of Topliss-reactive ketones (excluding diaryl/α,β-unsaturated/α-hetero) is 1. The van der Waals surface area contributed by atoms with E-state index in [1.807, 2.05) is 0 Å². The zero-order valence-electron chi connectivity index (χ0n) is 36.0. The Morgan fingerprint density at radius 2 is 0.695 bits per heavy atom. The van der Waals surface area contributed by atoms with E-state index < -0.39 is 7.92 Å². The van der Waals surface area contributed by atoms with E-state index in [1.54, 1.807) is 0 Å². The monoisotopic (exact) mass is 788 g/mol. The van der Waals surface area contributed by atoms with Crippen LogP contribution >= 0.6 is 7.92 Å². The normalized spacial score (nSPS) is 17.8. The Morgan fingerprint density at radius 3 is 1.03 bits per heavy atom. The van der Waals surface area contributed by atoms with Crippen molar-refractivity contribution in [3.8, 4) is 0 Å². The molecule has 0 amide bonds. The molecule has 1 aliphatic rings. The predicted octanol–water partition coefficient (Wildman–Crippen LogP) is 14.5. The lowest BCUT2D eigenvalue weighted by Crippen LogP contribution is -2.31. The summed E-state index contributed by atoms with van der Waals surface area (Å²) in [5.74, 6) is 0.338. The van der Waals surface area contributed by atoms with Gasteiger partial charge in [0.15, 0.2) is 0 Å². The minimum Gasteiger partial charge on any atom is -0.300 e. The summed E-state index contributed by atoms with van der Waals surface area (Å²) in [5, 5.41) is 1.46. The van der Waals surface area contributed by atoms with Crippen LogP contribution in [0.1, 0.15) is 125 Å². The van der Waals surface area contributed by atoms with E-state index in [1.165, 1.54) is 94.3 Å². The smallest absolute Gasteiger partial charge is 0.134 e. The van der Waals surface area contributed by atoms with Crippen molar-refractivity contribution in [1.82, 2.24) is 0 Å². The summed E-state index contributed by atoms with van der Waals surface area (Å²) in [5.41, 5.74) is 21.2. The topological polar surface area (TPSA) is 17.1 Å². The molecule has 0 aliphatic carbocycles. The molecule has 0 aromatic heterocycles. The highest BCUT2D eigenvalue weighted by Crippen LogP contribution is 2.69. The van der Waals surface area contributed by atoms with Crippen LogP contribution in [0.5, 0.6) is 0 Å². The SMILES string of the molecule is Cc1cccc(C)c1C(c1ccccc1)c1cccc(C(c2ccccc2)c2c(C)cccc2C)c1P1C(c2c(C)cccc2C)CC(=O)CC1c1c(C)cccc1C. The maximum absolute atomic E-state index is 14.6. The Kier molecular flexibility index (Phi) is 11.7. The van der Waals surface area contributed by atoms with Gasteiger partial charge in [0.05, 0.1) is 0 Å².